The lowest BCUT2D eigenvalue weighted by atomic mass is 10.1. The first-order valence-electron chi connectivity index (χ1n) is 15.4. The molecule has 0 saturated heterocycles. The van der Waals surface area contributed by atoms with Crippen molar-refractivity contribution in [3.8, 4) is 0 Å². The summed E-state index contributed by atoms with van der Waals surface area (Å²) in [5, 5.41) is 7.67. The van der Waals surface area contributed by atoms with Crippen LogP contribution in [0, 0.1) is 0 Å². The lowest BCUT2D eigenvalue weighted by Crippen LogP contribution is -2.74. The monoisotopic (exact) mass is 609 g/mol. The maximum absolute atomic E-state index is 6.52. The smallest absolute Gasteiger partial charge is 0.179 e. The van der Waals surface area contributed by atoms with Crippen LogP contribution in [0.5, 0.6) is 0 Å². The molecule has 46 heavy (non-hydrogen) atoms. The topological polar surface area (TPSA) is 16.4 Å². The standard InChI is InChI=1S/C42H31NOSi.CH4/c1-5-16-32(17-6-1)43(40-26-15-25-39-38-24-13-14-27-41(38)44-42(39)40)33-28-30-37(31-29-33)45(34-18-7-2-8-19-34,35-20-9-3-10-21-35)36-22-11-4-12-23-36;/h1-31H;1H4. The van der Waals surface area contributed by atoms with Crippen LogP contribution in [0.1, 0.15) is 7.43 Å². The lowest BCUT2D eigenvalue weighted by molar-refractivity contribution is 0.669. The van der Waals surface area contributed by atoms with Gasteiger partial charge in [-0.25, -0.2) is 0 Å². The van der Waals surface area contributed by atoms with Gasteiger partial charge in [0, 0.05) is 22.1 Å². The van der Waals surface area contributed by atoms with Crippen molar-refractivity contribution >= 4 is 67.8 Å². The molecule has 0 unspecified atom stereocenters. The first-order chi connectivity index (χ1) is 22.3. The van der Waals surface area contributed by atoms with Gasteiger partial charge in [-0.3, -0.25) is 0 Å². The van der Waals surface area contributed by atoms with Gasteiger partial charge in [0.1, 0.15) is 5.58 Å². The van der Waals surface area contributed by atoms with Crippen molar-refractivity contribution in [2.24, 2.45) is 0 Å². The number of rotatable bonds is 7. The summed E-state index contributed by atoms with van der Waals surface area (Å²) in [6.07, 6.45) is 0. The van der Waals surface area contributed by atoms with E-state index in [9.17, 15) is 0 Å². The van der Waals surface area contributed by atoms with Crippen LogP contribution in [-0.4, -0.2) is 8.07 Å². The summed E-state index contributed by atoms with van der Waals surface area (Å²) in [5.41, 5.74) is 4.95. The molecule has 8 rings (SSSR count). The van der Waals surface area contributed by atoms with E-state index in [0.29, 0.717) is 0 Å². The highest BCUT2D eigenvalue weighted by Gasteiger charge is 2.41. The average molecular weight is 610 g/mol. The predicted octanol–water partition coefficient (Wildman–Crippen LogP) is 9.07. The number of fused-ring (bicyclic) bond motifs is 3. The van der Waals surface area contributed by atoms with Crippen molar-refractivity contribution in [2.45, 2.75) is 7.43 Å². The lowest BCUT2D eigenvalue weighted by Gasteiger charge is -2.35. The summed E-state index contributed by atoms with van der Waals surface area (Å²) in [5.74, 6) is 0. The van der Waals surface area contributed by atoms with E-state index in [1.807, 2.05) is 12.1 Å². The van der Waals surface area contributed by atoms with E-state index in [-0.39, 0.29) is 7.43 Å². The van der Waals surface area contributed by atoms with E-state index in [2.05, 4.69) is 181 Å². The minimum absolute atomic E-state index is 0. The molecule has 0 aliphatic carbocycles. The number of para-hydroxylation sites is 3. The quantitative estimate of drug-likeness (QED) is 0.132. The zero-order valence-electron chi connectivity index (χ0n) is 24.8. The third-order valence-corrected chi connectivity index (χ3v) is 13.6. The molecule has 2 nitrogen and oxygen atoms in total. The number of nitrogens with zero attached hydrogens (tertiary/aromatic N) is 1. The molecule has 7 aromatic carbocycles. The Morgan fingerprint density at radius 3 is 1.37 bits per heavy atom. The van der Waals surface area contributed by atoms with E-state index in [0.717, 1.165) is 39.0 Å². The van der Waals surface area contributed by atoms with E-state index >= 15 is 0 Å². The molecule has 222 valence electrons. The van der Waals surface area contributed by atoms with Crippen LogP contribution in [0.25, 0.3) is 21.9 Å². The number of benzene rings is 7. The zero-order valence-corrected chi connectivity index (χ0v) is 25.8. The molecule has 8 aromatic rings. The van der Waals surface area contributed by atoms with Crippen molar-refractivity contribution in [2.75, 3.05) is 4.90 Å². The van der Waals surface area contributed by atoms with E-state index in [4.69, 9.17) is 4.42 Å². The molecule has 3 heteroatoms. The number of hydrogen-bond donors (Lipinski definition) is 0. The van der Waals surface area contributed by atoms with Crippen molar-refractivity contribution in [3.63, 3.8) is 0 Å². The van der Waals surface area contributed by atoms with Gasteiger partial charge in [0.25, 0.3) is 0 Å². The Bertz CT molecular complexity index is 2100. The highest BCUT2D eigenvalue weighted by Crippen LogP contribution is 2.41. The summed E-state index contributed by atoms with van der Waals surface area (Å²) in [6, 6.07) is 67.7. The molecule has 0 spiro atoms. The summed E-state index contributed by atoms with van der Waals surface area (Å²) in [7, 11) is -2.62. The molecule has 0 aliphatic rings. The van der Waals surface area contributed by atoms with Gasteiger partial charge in [-0.2, -0.15) is 0 Å². The first-order valence-corrected chi connectivity index (χ1v) is 17.4. The summed E-state index contributed by atoms with van der Waals surface area (Å²) in [4.78, 5) is 2.31. The molecule has 0 N–H and O–H groups in total. The summed E-state index contributed by atoms with van der Waals surface area (Å²) in [6.45, 7) is 0. The first kappa shape index (κ1) is 29.1. The van der Waals surface area contributed by atoms with E-state index in [1.54, 1.807) is 0 Å². The van der Waals surface area contributed by atoms with E-state index < -0.39 is 8.07 Å². The number of anilines is 3. The van der Waals surface area contributed by atoms with Crippen LogP contribution in [-0.2, 0) is 0 Å². The molecule has 1 aromatic heterocycles. The highest BCUT2D eigenvalue weighted by atomic mass is 28.3. The van der Waals surface area contributed by atoms with Crippen molar-refractivity contribution < 1.29 is 4.42 Å². The molecule has 0 saturated carbocycles. The predicted molar refractivity (Wildman–Crippen MR) is 199 cm³/mol. The Kier molecular flexibility index (Phi) is 7.84. The number of hydrogen-bond acceptors (Lipinski definition) is 2. The molecular formula is C43H35NOSi. The average Bonchev–Trinajstić information content (AvgIpc) is 3.51. The zero-order chi connectivity index (χ0) is 30.1. The van der Waals surface area contributed by atoms with Crippen LogP contribution in [0.4, 0.5) is 17.1 Å². The molecule has 0 aliphatic heterocycles. The van der Waals surface area contributed by atoms with Crippen LogP contribution >= 0.6 is 0 Å². The SMILES string of the molecule is C.c1ccc(N(c2ccc([Si](c3ccccc3)(c3ccccc3)c3ccccc3)cc2)c2cccc3c2oc2ccccc23)cc1. The molecular weight excluding hydrogens is 575 g/mol. The normalized spacial score (nSPS) is 11.3. The summed E-state index contributed by atoms with van der Waals surface area (Å²) >= 11 is 0. The van der Waals surface area contributed by atoms with Crippen LogP contribution < -0.4 is 25.6 Å². The van der Waals surface area contributed by atoms with Crippen LogP contribution in [0.3, 0.4) is 0 Å². The highest BCUT2D eigenvalue weighted by molar-refractivity contribution is 7.19. The minimum Gasteiger partial charge on any atom is -0.454 e. The molecule has 1 heterocycles. The van der Waals surface area contributed by atoms with E-state index in [1.165, 1.54) is 20.7 Å². The third kappa shape index (κ3) is 4.82. The summed E-state index contributed by atoms with van der Waals surface area (Å²) < 4.78 is 6.52. The largest absolute Gasteiger partial charge is 0.454 e. The fraction of sp³-hybridized carbons (Fsp3) is 0.0233. The second kappa shape index (κ2) is 12.4. The Morgan fingerprint density at radius 2 is 0.804 bits per heavy atom. The maximum Gasteiger partial charge on any atom is 0.179 e. The van der Waals surface area contributed by atoms with Gasteiger partial charge >= 0.3 is 0 Å². The Hall–Kier alpha value is -5.64. The molecule has 0 fully saturated rings. The van der Waals surface area contributed by atoms with Gasteiger partial charge in [-0.15, -0.1) is 0 Å². The Balaban J connectivity index is 0.00000338. The fourth-order valence-corrected chi connectivity index (χ4v) is 11.6. The molecule has 0 amide bonds. The van der Waals surface area contributed by atoms with Gasteiger partial charge in [0.05, 0.1) is 5.69 Å². The molecule has 0 atom stereocenters. The second-order valence-corrected chi connectivity index (χ2v) is 15.1. The Morgan fingerprint density at radius 1 is 0.370 bits per heavy atom. The van der Waals surface area contributed by atoms with Crippen molar-refractivity contribution in [1.29, 1.82) is 0 Å². The second-order valence-electron chi connectivity index (χ2n) is 11.3. The molecule has 0 bridgehead atoms. The minimum atomic E-state index is -2.62. The Labute approximate surface area is 271 Å². The maximum atomic E-state index is 6.52. The molecule has 0 radical (unpaired) electrons. The van der Waals surface area contributed by atoms with Gasteiger partial charge in [0.2, 0.25) is 0 Å². The van der Waals surface area contributed by atoms with Crippen LogP contribution in [0.15, 0.2) is 192 Å². The van der Waals surface area contributed by atoms with Crippen molar-refractivity contribution in [1.82, 2.24) is 0 Å². The third-order valence-electron chi connectivity index (χ3n) is 8.82. The fourth-order valence-electron chi connectivity index (χ4n) is 6.84. The number of furan rings is 1. The van der Waals surface area contributed by atoms with Crippen LogP contribution in [0.2, 0.25) is 0 Å². The van der Waals surface area contributed by atoms with Gasteiger partial charge < -0.3 is 9.32 Å². The van der Waals surface area contributed by atoms with Crippen molar-refractivity contribution in [3.05, 3.63) is 188 Å². The van der Waals surface area contributed by atoms with Gasteiger partial charge in [-0.05, 0) is 57.1 Å². The van der Waals surface area contributed by atoms with Gasteiger partial charge in [-0.1, -0.05) is 159 Å². The van der Waals surface area contributed by atoms with Gasteiger partial charge in [0.15, 0.2) is 13.7 Å².